The lowest BCUT2D eigenvalue weighted by Crippen LogP contribution is -2.13. The Morgan fingerprint density at radius 3 is 2.57 bits per heavy atom. The maximum absolute atomic E-state index is 13.0. The molecule has 122 valence electrons. The second-order valence-corrected chi connectivity index (χ2v) is 5.55. The van der Waals surface area contributed by atoms with Gasteiger partial charge in [0.05, 0.1) is 11.6 Å². The topological polar surface area (TPSA) is 38.3 Å². The lowest BCUT2D eigenvalue weighted by Gasteiger charge is -2.09. The summed E-state index contributed by atoms with van der Waals surface area (Å²) >= 11 is 11.7. The molecular formula is C16H13Cl2F2NO2. The lowest BCUT2D eigenvalue weighted by molar-refractivity contribution is -0.116. The molecule has 3 nitrogen and oxygen atoms in total. The fourth-order valence-electron chi connectivity index (χ4n) is 1.80. The van der Waals surface area contributed by atoms with Gasteiger partial charge in [-0.3, -0.25) is 4.79 Å². The molecule has 0 saturated heterocycles. The molecule has 0 unspecified atom stereocenters. The van der Waals surface area contributed by atoms with E-state index in [1.807, 2.05) is 0 Å². The number of anilines is 1. The molecule has 1 amide bonds. The SMILES string of the molecule is O=C(CCCOc1ccc(Cl)cc1Cl)Nc1ccc(F)c(F)c1. The second kappa shape index (κ2) is 8.13. The van der Waals surface area contributed by atoms with E-state index in [0.717, 1.165) is 12.1 Å². The van der Waals surface area contributed by atoms with E-state index in [2.05, 4.69) is 5.32 Å². The minimum Gasteiger partial charge on any atom is -0.492 e. The standard InChI is InChI=1S/C16H13Cl2F2NO2/c17-10-3-6-15(12(18)8-10)23-7-1-2-16(22)21-11-4-5-13(19)14(20)9-11/h3-6,8-9H,1-2,7H2,(H,21,22). The summed E-state index contributed by atoms with van der Waals surface area (Å²) in [5.41, 5.74) is 0.204. The van der Waals surface area contributed by atoms with Crippen LogP contribution in [-0.2, 0) is 4.79 Å². The third kappa shape index (κ3) is 5.37. The number of amides is 1. The number of hydrogen-bond donors (Lipinski definition) is 1. The van der Waals surface area contributed by atoms with Crippen molar-refractivity contribution in [1.82, 2.24) is 0 Å². The number of nitrogens with one attached hydrogen (secondary N) is 1. The van der Waals surface area contributed by atoms with Crippen LogP contribution in [0.1, 0.15) is 12.8 Å². The van der Waals surface area contributed by atoms with Crippen LogP contribution in [-0.4, -0.2) is 12.5 Å². The van der Waals surface area contributed by atoms with Gasteiger partial charge in [0.1, 0.15) is 5.75 Å². The van der Waals surface area contributed by atoms with Crippen molar-refractivity contribution in [3.05, 3.63) is 58.1 Å². The molecule has 0 fully saturated rings. The highest BCUT2D eigenvalue weighted by Crippen LogP contribution is 2.27. The summed E-state index contributed by atoms with van der Waals surface area (Å²) in [6, 6.07) is 8.03. The molecular weight excluding hydrogens is 347 g/mol. The van der Waals surface area contributed by atoms with Crippen LogP contribution in [0.2, 0.25) is 10.0 Å². The van der Waals surface area contributed by atoms with E-state index < -0.39 is 11.6 Å². The predicted octanol–water partition coefficient (Wildman–Crippen LogP) is 5.07. The Bertz CT molecular complexity index is 710. The highest BCUT2D eigenvalue weighted by atomic mass is 35.5. The molecule has 0 atom stereocenters. The zero-order valence-electron chi connectivity index (χ0n) is 11.9. The van der Waals surface area contributed by atoms with Crippen LogP contribution in [0, 0.1) is 11.6 Å². The summed E-state index contributed by atoms with van der Waals surface area (Å²) in [7, 11) is 0. The van der Waals surface area contributed by atoms with Gasteiger partial charge in [0.25, 0.3) is 0 Å². The molecule has 0 radical (unpaired) electrons. The maximum atomic E-state index is 13.0. The van der Waals surface area contributed by atoms with E-state index in [1.165, 1.54) is 6.07 Å². The van der Waals surface area contributed by atoms with Crippen LogP contribution in [0.4, 0.5) is 14.5 Å². The van der Waals surface area contributed by atoms with E-state index in [4.69, 9.17) is 27.9 Å². The van der Waals surface area contributed by atoms with Gasteiger partial charge in [0.2, 0.25) is 5.91 Å². The van der Waals surface area contributed by atoms with Crippen molar-refractivity contribution in [2.45, 2.75) is 12.8 Å². The van der Waals surface area contributed by atoms with Crippen LogP contribution in [0.15, 0.2) is 36.4 Å². The van der Waals surface area contributed by atoms with E-state index >= 15 is 0 Å². The van der Waals surface area contributed by atoms with E-state index in [9.17, 15) is 13.6 Å². The smallest absolute Gasteiger partial charge is 0.224 e. The molecule has 0 aromatic heterocycles. The first-order valence-electron chi connectivity index (χ1n) is 6.78. The number of rotatable bonds is 6. The van der Waals surface area contributed by atoms with Gasteiger partial charge in [-0.05, 0) is 36.8 Å². The second-order valence-electron chi connectivity index (χ2n) is 4.70. The average Bonchev–Trinajstić information content (AvgIpc) is 2.49. The van der Waals surface area contributed by atoms with E-state index in [0.29, 0.717) is 22.2 Å². The summed E-state index contributed by atoms with van der Waals surface area (Å²) in [5, 5.41) is 3.38. The molecule has 0 bridgehead atoms. The average molecular weight is 360 g/mol. The minimum absolute atomic E-state index is 0.171. The van der Waals surface area contributed by atoms with Gasteiger partial charge in [-0.15, -0.1) is 0 Å². The summed E-state index contributed by atoms with van der Waals surface area (Å²) in [6.45, 7) is 0.284. The van der Waals surface area contributed by atoms with Crippen LogP contribution in [0.25, 0.3) is 0 Å². The van der Waals surface area contributed by atoms with E-state index in [1.54, 1.807) is 18.2 Å². The number of halogens is 4. The Hall–Kier alpha value is -1.85. The van der Waals surface area contributed by atoms with Gasteiger partial charge in [0.15, 0.2) is 11.6 Å². The third-order valence-electron chi connectivity index (χ3n) is 2.90. The molecule has 0 aliphatic rings. The van der Waals surface area contributed by atoms with Crippen molar-refractivity contribution in [3.8, 4) is 5.75 Å². The van der Waals surface area contributed by atoms with Gasteiger partial charge >= 0.3 is 0 Å². The fraction of sp³-hybridized carbons (Fsp3) is 0.188. The zero-order chi connectivity index (χ0) is 16.8. The first-order valence-corrected chi connectivity index (χ1v) is 7.54. The van der Waals surface area contributed by atoms with Gasteiger partial charge < -0.3 is 10.1 Å². The summed E-state index contributed by atoms with van der Waals surface area (Å²) in [6.07, 6.45) is 0.610. The number of carbonyl (C=O) groups excluding carboxylic acids is 1. The Kier molecular flexibility index (Phi) is 6.19. The quantitative estimate of drug-likeness (QED) is 0.731. The number of ether oxygens (including phenoxy) is 1. The number of carbonyl (C=O) groups is 1. The van der Waals surface area contributed by atoms with E-state index in [-0.39, 0.29) is 24.6 Å². The number of hydrogen-bond acceptors (Lipinski definition) is 2. The Morgan fingerprint density at radius 1 is 1.09 bits per heavy atom. The zero-order valence-corrected chi connectivity index (χ0v) is 13.4. The largest absolute Gasteiger partial charge is 0.492 e. The van der Waals surface area contributed by atoms with Crippen LogP contribution in [0.3, 0.4) is 0 Å². The van der Waals surface area contributed by atoms with Crippen LogP contribution in [0.5, 0.6) is 5.75 Å². The number of benzene rings is 2. The molecule has 1 N–H and O–H groups in total. The molecule has 2 aromatic carbocycles. The normalized spacial score (nSPS) is 10.4. The van der Waals surface area contributed by atoms with Gasteiger partial charge in [-0.2, -0.15) is 0 Å². The van der Waals surface area contributed by atoms with Crippen molar-refractivity contribution >= 4 is 34.8 Å². The van der Waals surface area contributed by atoms with Gasteiger partial charge in [0, 0.05) is 23.2 Å². The first kappa shape index (κ1) is 17.5. The monoisotopic (exact) mass is 359 g/mol. The van der Waals surface area contributed by atoms with Crippen LogP contribution < -0.4 is 10.1 Å². The molecule has 2 aromatic rings. The van der Waals surface area contributed by atoms with Crippen molar-refractivity contribution in [2.24, 2.45) is 0 Å². The van der Waals surface area contributed by atoms with Crippen molar-refractivity contribution in [1.29, 1.82) is 0 Å². The molecule has 7 heteroatoms. The molecule has 0 saturated carbocycles. The van der Waals surface area contributed by atoms with Crippen molar-refractivity contribution in [3.63, 3.8) is 0 Å². The Morgan fingerprint density at radius 2 is 1.87 bits per heavy atom. The highest BCUT2D eigenvalue weighted by Gasteiger charge is 2.07. The van der Waals surface area contributed by atoms with Gasteiger partial charge in [-0.25, -0.2) is 8.78 Å². The maximum Gasteiger partial charge on any atom is 0.224 e. The Balaban J connectivity index is 1.75. The predicted molar refractivity (Wildman–Crippen MR) is 86.2 cm³/mol. The summed E-state index contributed by atoms with van der Waals surface area (Å²) in [5.74, 6) is -1.81. The molecule has 0 heterocycles. The van der Waals surface area contributed by atoms with Gasteiger partial charge in [-0.1, -0.05) is 23.2 Å². The fourth-order valence-corrected chi connectivity index (χ4v) is 2.27. The van der Waals surface area contributed by atoms with Crippen molar-refractivity contribution in [2.75, 3.05) is 11.9 Å². The molecule has 0 spiro atoms. The van der Waals surface area contributed by atoms with Crippen molar-refractivity contribution < 1.29 is 18.3 Å². The molecule has 0 aliphatic carbocycles. The summed E-state index contributed by atoms with van der Waals surface area (Å²) < 4.78 is 31.2. The lowest BCUT2D eigenvalue weighted by atomic mass is 10.2. The third-order valence-corrected chi connectivity index (χ3v) is 3.43. The minimum atomic E-state index is -1.01. The summed E-state index contributed by atoms with van der Waals surface area (Å²) in [4.78, 5) is 11.7. The molecule has 0 aliphatic heterocycles. The highest BCUT2D eigenvalue weighted by molar-refractivity contribution is 6.35. The Labute approximate surface area is 142 Å². The molecule has 2 rings (SSSR count). The first-order chi connectivity index (χ1) is 11.0. The molecule has 23 heavy (non-hydrogen) atoms. The van der Waals surface area contributed by atoms with Crippen LogP contribution >= 0.6 is 23.2 Å².